The van der Waals surface area contributed by atoms with E-state index in [4.69, 9.17) is 0 Å². The topological polar surface area (TPSA) is 32.3 Å². The lowest BCUT2D eigenvalue weighted by Gasteiger charge is -2.30. The summed E-state index contributed by atoms with van der Waals surface area (Å²) in [5, 5.41) is 13.5. The normalized spacial score (nSPS) is 31.0. The zero-order valence-electron chi connectivity index (χ0n) is 11.7. The average Bonchev–Trinajstić information content (AvgIpc) is 2.85. The van der Waals surface area contributed by atoms with Crippen molar-refractivity contribution in [1.82, 2.24) is 5.32 Å². The van der Waals surface area contributed by atoms with Crippen LogP contribution in [0.5, 0.6) is 0 Å². The molecule has 0 amide bonds. The van der Waals surface area contributed by atoms with E-state index in [2.05, 4.69) is 18.3 Å². The smallest absolute Gasteiger partial charge is 0.0954 e. The molecule has 1 aliphatic heterocycles. The van der Waals surface area contributed by atoms with Crippen LogP contribution in [0.1, 0.15) is 60.8 Å². The van der Waals surface area contributed by atoms with E-state index in [-0.39, 0.29) is 7.43 Å². The van der Waals surface area contributed by atoms with Gasteiger partial charge in [0.15, 0.2) is 0 Å². The van der Waals surface area contributed by atoms with Gasteiger partial charge >= 0.3 is 0 Å². The summed E-state index contributed by atoms with van der Waals surface area (Å²) in [7, 11) is 0. The molecule has 0 aromatic heterocycles. The van der Waals surface area contributed by atoms with Crippen LogP contribution in [0.15, 0.2) is 23.0 Å². The van der Waals surface area contributed by atoms with Gasteiger partial charge in [-0.2, -0.15) is 0 Å². The number of rotatable bonds is 1. The monoisotopic (exact) mass is 253 g/mol. The van der Waals surface area contributed by atoms with Crippen molar-refractivity contribution in [3.8, 4) is 0 Å². The highest BCUT2D eigenvalue weighted by atomic mass is 16.3. The molecule has 1 saturated heterocycles. The Morgan fingerprint density at radius 3 is 2.61 bits per heavy atom. The summed E-state index contributed by atoms with van der Waals surface area (Å²) in [6.45, 7) is 9.25. The Morgan fingerprint density at radius 1 is 1.39 bits per heavy atom. The largest absolute Gasteiger partial charge is 0.512 e. The van der Waals surface area contributed by atoms with E-state index in [1.54, 1.807) is 0 Å². The number of hydrogen-bond acceptors (Lipinski definition) is 2. The lowest BCUT2D eigenvalue weighted by Crippen LogP contribution is -2.31. The minimum absolute atomic E-state index is 0. The summed E-state index contributed by atoms with van der Waals surface area (Å²) >= 11 is 0. The Morgan fingerprint density at radius 2 is 2.06 bits per heavy atom. The molecule has 0 aromatic rings. The molecule has 1 aliphatic carbocycles. The maximum absolute atomic E-state index is 9.92. The van der Waals surface area contributed by atoms with Crippen LogP contribution >= 0.6 is 0 Å². The van der Waals surface area contributed by atoms with Crippen LogP contribution in [0, 0.1) is 5.92 Å². The van der Waals surface area contributed by atoms with Crippen LogP contribution < -0.4 is 5.32 Å². The number of aliphatic hydroxyl groups is 1. The number of nitrogens with one attached hydrogen (secondary N) is 1. The van der Waals surface area contributed by atoms with Crippen LogP contribution in [-0.4, -0.2) is 17.7 Å². The Kier molecular flexibility index (Phi) is 8.01. The zero-order chi connectivity index (χ0) is 12.8. The maximum atomic E-state index is 9.92. The fourth-order valence-corrected chi connectivity index (χ4v) is 2.87. The fraction of sp³-hybridized carbons (Fsp3) is 0.750. The number of aliphatic hydroxyl groups excluding tert-OH is 1. The molecular formula is C16H31NO. The second-order valence-corrected chi connectivity index (χ2v) is 4.61. The van der Waals surface area contributed by atoms with Gasteiger partial charge in [0.2, 0.25) is 0 Å². The first kappa shape index (κ1) is 17.2. The first-order chi connectivity index (χ1) is 8.26. The summed E-state index contributed by atoms with van der Waals surface area (Å²) in [5.74, 6) is 1.39. The molecular weight excluding hydrogens is 222 g/mol. The van der Waals surface area contributed by atoms with Crippen molar-refractivity contribution in [3.63, 3.8) is 0 Å². The van der Waals surface area contributed by atoms with Gasteiger partial charge in [0, 0.05) is 12.5 Å². The summed E-state index contributed by atoms with van der Waals surface area (Å²) < 4.78 is 0. The second-order valence-electron chi connectivity index (χ2n) is 4.61. The standard InChI is InChI=1S/C13H21NO.C2H6.CH4/c1-3-9-7-10-5-6-14-12(10)8-11(9)13(15)4-2;1-2;/h3,10,12,14-15H,4-8H2,1-2H3;1-2H3;1H4/b9-3-,13-11+;;/t10-,12-;;/m1../s1. The van der Waals surface area contributed by atoms with E-state index in [0.29, 0.717) is 11.8 Å². The summed E-state index contributed by atoms with van der Waals surface area (Å²) in [5.41, 5.74) is 2.58. The van der Waals surface area contributed by atoms with Gasteiger partial charge in [0.25, 0.3) is 0 Å². The lowest BCUT2D eigenvalue weighted by molar-refractivity contribution is 0.360. The Bertz CT molecular complexity index is 304. The molecule has 2 atom stereocenters. The predicted octanol–water partition coefficient (Wildman–Crippen LogP) is 4.59. The van der Waals surface area contributed by atoms with Crippen LogP contribution in [-0.2, 0) is 0 Å². The molecule has 2 heteroatoms. The highest BCUT2D eigenvalue weighted by Crippen LogP contribution is 2.38. The van der Waals surface area contributed by atoms with E-state index in [0.717, 1.165) is 31.7 Å². The van der Waals surface area contributed by atoms with Gasteiger partial charge < -0.3 is 10.4 Å². The summed E-state index contributed by atoms with van der Waals surface area (Å²) in [6, 6.07) is 0.609. The molecule has 2 rings (SSSR count). The molecule has 18 heavy (non-hydrogen) atoms. The van der Waals surface area contributed by atoms with Gasteiger partial charge in [-0.3, -0.25) is 0 Å². The fourth-order valence-electron chi connectivity index (χ4n) is 2.87. The van der Waals surface area contributed by atoms with E-state index >= 15 is 0 Å². The van der Waals surface area contributed by atoms with Gasteiger partial charge in [-0.25, -0.2) is 0 Å². The van der Waals surface area contributed by atoms with Crippen LogP contribution in [0.25, 0.3) is 0 Å². The lowest BCUT2D eigenvalue weighted by atomic mass is 9.78. The number of hydrogen-bond donors (Lipinski definition) is 2. The van der Waals surface area contributed by atoms with Crippen LogP contribution in [0.4, 0.5) is 0 Å². The molecule has 1 heterocycles. The predicted molar refractivity (Wildman–Crippen MR) is 80.9 cm³/mol. The zero-order valence-corrected chi connectivity index (χ0v) is 11.7. The molecule has 0 aromatic carbocycles. The molecule has 0 unspecified atom stereocenters. The highest BCUT2D eigenvalue weighted by Gasteiger charge is 2.34. The van der Waals surface area contributed by atoms with Crippen molar-refractivity contribution in [3.05, 3.63) is 23.0 Å². The SMILES string of the molecule is C.C/C=C1/C[C@H]2CCN[C@@H]2C/C1=C(\O)CC.CC. The van der Waals surface area contributed by atoms with Gasteiger partial charge in [0.05, 0.1) is 5.76 Å². The molecule has 106 valence electrons. The quantitative estimate of drug-likeness (QED) is 0.670. The first-order valence-electron chi connectivity index (χ1n) is 7.06. The third-order valence-corrected chi connectivity index (χ3v) is 3.82. The third-order valence-electron chi connectivity index (χ3n) is 3.82. The molecule has 1 saturated carbocycles. The van der Waals surface area contributed by atoms with Crippen LogP contribution in [0.3, 0.4) is 0 Å². The van der Waals surface area contributed by atoms with Crippen molar-refractivity contribution < 1.29 is 5.11 Å². The van der Waals surface area contributed by atoms with Gasteiger partial charge in [-0.15, -0.1) is 0 Å². The Hall–Kier alpha value is -0.760. The van der Waals surface area contributed by atoms with Crippen molar-refractivity contribution in [2.75, 3.05) is 6.54 Å². The van der Waals surface area contributed by atoms with Crippen molar-refractivity contribution in [1.29, 1.82) is 0 Å². The molecule has 2 aliphatic rings. The molecule has 0 spiro atoms. The van der Waals surface area contributed by atoms with E-state index in [1.165, 1.54) is 17.6 Å². The van der Waals surface area contributed by atoms with Crippen molar-refractivity contribution in [2.45, 2.75) is 66.8 Å². The van der Waals surface area contributed by atoms with E-state index in [9.17, 15) is 5.11 Å². The third kappa shape index (κ3) is 3.61. The Labute approximate surface area is 113 Å². The van der Waals surface area contributed by atoms with Crippen molar-refractivity contribution >= 4 is 0 Å². The van der Waals surface area contributed by atoms with Gasteiger partial charge in [-0.1, -0.05) is 34.3 Å². The first-order valence-corrected chi connectivity index (χ1v) is 7.06. The molecule has 2 N–H and O–H groups in total. The molecule has 2 nitrogen and oxygen atoms in total. The Balaban J connectivity index is 0.000000917. The maximum Gasteiger partial charge on any atom is 0.0954 e. The average molecular weight is 253 g/mol. The van der Waals surface area contributed by atoms with Gasteiger partial charge in [-0.05, 0) is 49.8 Å². The minimum atomic E-state index is 0. The van der Waals surface area contributed by atoms with Crippen molar-refractivity contribution in [2.24, 2.45) is 5.92 Å². The minimum Gasteiger partial charge on any atom is -0.512 e. The van der Waals surface area contributed by atoms with Gasteiger partial charge in [0.1, 0.15) is 0 Å². The second kappa shape index (κ2) is 8.36. The molecule has 0 radical (unpaired) electrons. The van der Waals surface area contributed by atoms with Crippen LogP contribution in [0.2, 0.25) is 0 Å². The van der Waals surface area contributed by atoms with E-state index < -0.39 is 0 Å². The molecule has 2 fully saturated rings. The molecule has 0 bridgehead atoms. The summed E-state index contributed by atoms with van der Waals surface area (Å²) in [6.07, 6.45) is 6.39. The number of fused-ring (bicyclic) bond motifs is 1. The summed E-state index contributed by atoms with van der Waals surface area (Å²) in [4.78, 5) is 0. The number of allylic oxidation sites excluding steroid dienone is 3. The van der Waals surface area contributed by atoms with E-state index in [1.807, 2.05) is 20.8 Å². The highest BCUT2D eigenvalue weighted by molar-refractivity contribution is 5.37.